The summed E-state index contributed by atoms with van der Waals surface area (Å²) < 4.78 is 0. The van der Waals surface area contributed by atoms with Crippen LogP contribution in [-0.2, 0) is 0 Å². The van der Waals surface area contributed by atoms with Gasteiger partial charge in [-0.05, 0) is 81.0 Å². The zero-order valence-corrected chi connectivity index (χ0v) is 25.6. The number of para-hydroxylation sites is 4. The van der Waals surface area contributed by atoms with E-state index in [9.17, 15) is 0 Å². The Morgan fingerprint density at radius 1 is 0.575 bits per heavy atom. The molecular formula is C34H40N4S2. The number of fused-ring (bicyclic) bond motifs is 4. The first-order valence-electron chi connectivity index (χ1n) is 14.1. The molecule has 40 heavy (non-hydrogen) atoms. The van der Waals surface area contributed by atoms with Gasteiger partial charge in [0.25, 0.3) is 0 Å². The molecule has 6 rings (SSSR count). The third kappa shape index (κ3) is 6.52. The maximum atomic E-state index is 5.80. The lowest BCUT2D eigenvalue weighted by Gasteiger charge is -2.35. The standard InChI is InChI=1S/C18H22N2S.C16H18N2S/c1-14(12-19(2)3)13-20-15-8-4-6-10-17(15)21-18-11-7-5-9-16(18)20;1-12(10-17)11-18-13-6-2-4-8-15(13)19-16-9-5-3-7-14(16)18/h4-11,14H,12-13H2,1-3H3;2-9,12H,10-11,17H2,1H3. The second-order valence-corrected chi connectivity index (χ2v) is 13.2. The zero-order valence-electron chi connectivity index (χ0n) is 24.0. The van der Waals surface area contributed by atoms with Gasteiger partial charge >= 0.3 is 0 Å². The average Bonchev–Trinajstić information content (AvgIpc) is 2.96. The molecule has 2 unspecified atom stereocenters. The van der Waals surface area contributed by atoms with Crippen LogP contribution < -0.4 is 15.5 Å². The Balaban J connectivity index is 0.000000162. The SMILES string of the molecule is CC(CN(C)C)CN1c2ccccc2Sc2ccccc21.CC(CN)CN1c2ccccc2Sc2ccccc21. The molecule has 6 heteroatoms. The first kappa shape index (κ1) is 28.6. The van der Waals surface area contributed by atoms with Crippen molar-refractivity contribution in [2.24, 2.45) is 17.6 Å². The van der Waals surface area contributed by atoms with E-state index < -0.39 is 0 Å². The van der Waals surface area contributed by atoms with Crippen LogP contribution in [0.3, 0.4) is 0 Å². The Bertz CT molecular complexity index is 1330. The Kier molecular flexibility index (Phi) is 9.43. The molecular weight excluding hydrogens is 529 g/mol. The number of nitrogens with two attached hydrogens (primary N) is 1. The quantitative estimate of drug-likeness (QED) is 0.241. The van der Waals surface area contributed by atoms with Crippen molar-refractivity contribution in [2.45, 2.75) is 33.4 Å². The summed E-state index contributed by atoms with van der Waals surface area (Å²) >= 11 is 3.72. The molecule has 0 bridgehead atoms. The van der Waals surface area contributed by atoms with Crippen LogP contribution in [-0.4, -0.2) is 45.2 Å². The number of rotatable bonds is 7. The van der Waals surface area contributed by atoms with E-state index in [0.717, 1.165) is 19.6 Å². The first-order valence-corrected chi connectivity index (χ1v) is 15.7. The molecule has 0 radical (unpaired) electrons. The second kappa shape index (κ2) is 13.2. The summed E-state index contributed by atoms with van der Waals surface area (Å²) in [6, 6.07) is 34.6. The van der Waals surface area contributed by atoms with E-state index in [0.29, 0.717) is 18.4 Å². The number of hydrogen-bond donors (Lipinski definition) is 1. The summed E-state index contributed by atoms with van der Waals surface area (Å²) in [6.07, 6.45) is 0. The van der Waals surface area contributed by atoms with E-state index in [1.54, 1.807) is 0 Å². The fourth-order valence-corrected chi connectivity index (χ4v) is 7.53. The Labute approximate surface area is 248 Å². The molecule has 0 aromatic heterocycles. The van der Waals surface area contributed by atoms with Crippen LogP contribution in [0.2, 0.25) is 0 Å². The van der Waals surface area contributed by atoms with Crippen molar-refractivity contribution in [3.63, 3.8) is 0 Å². The molecule has 0 saturated heterocycles. The lowest BCUT2D eigenvalue weighted by Crippen LogP contribution is -2.31. The minimum atomic E-state index is 0.476. The molecule has 4 aromatic carbocycles. The van der Waals surface area contributed by atoms with Gasteiger partial charge in [0.05, 0.1) is 22.7 Å². The van der Waals surface area contributed by atoms with E-state index in [4.69, 9.17) is 5.73 Å². The highest BCUT2D eigenvalue weighted by Gasteiger charge is 2.25. The molecule has 0 amide bonds. The molecule has 0 fully saturated rings. The monoisotopic (exact) mass is 568 g/mol. The fraction of sp³-hybridized carbons (Fsp3) is 0.294. The predicted molar refractivity (Wildman–Crippen MR) is 174 cm³/mol. The first-order chi connectivity index (χ1) is 19.4. The molecule has 4 aromatic rings. The minimum Gasteiger partial charge on any atom is -0.339 e. The highest BCUT2D eigenvalue weighted by Crippen LogP contribution is 2.49. The van der Waals surface area contributed by atoms with Gasteiger partial charge < -0.3 is 20.4 Å². The summed E-state index contributed by atoms with van der Waals surface area (Å²) in [5.74, 6) is 1.09. The average molecular weight is 569 g/mol. The summed E-state index contributed by atoms with van der Waals surface area (Å²) in [6.45, 7) is 8.36. The predicted octanol–water partition coefficient (Wildman–Crippen LogP) is 8.37. The summed E-state index contributed by atoms with van der Waals surface area (Å²) in [5.41, 5.74) is 11.1. The van der Waals surface area contributed by atoms with Crippen molar-refractivity contribution in [1.29, 1.82) is 0 Å². The molecule has 0 saturated carbocycles. The van der Waals surface area contributed by atoms with Gasteiger partial charge in [-0.15, -0.1) is 0 Å². The van der Waals surface area contributed by atoms with Crippen molar-refractivity contribution in [3.8, 4) is 0 Å². The molecule has 2 N–H and O–H groups in total. The van der Waals surface area contributed by atoms with Crippen molar-refractivity contribution in [2.75, 3.05) is 50.1 Å². The minimum absolute atomic E-state index is 0.476. The lowest BCUT2D eigenvalue weighted by molar-refractivity contribution is 0.343. The lowest BCUT2D eigenvalue weighted by atomic mass is 10.1. The largest absolute Gasteiger partial charge is 0.339 e. The Hall–Kier alpha value is -2.90. The topological polar surface area (TPSA) is 35.7 Å². The van der Waals surface area contributed by atoms with Crippen molar-refractivity contribution in [1.82, 2.24) is 4.90 Å². The molecule has 2 aliphatic heterocycles. The number of nitrogens with zero attached hydrogens (tertiary/aromatic N) is 3. The van der Waals surface area contributed by atoms with Gasteiger partial charge in [0.2, 0.25) is 0 Å². The van der Waals surface area contributed by atoms with E-state index in [1.807, 2.05) is 23.5 Å². The van der Waals surface area contributed by atoms with Gasteiger partial charge in [0.15, 0.2) is 0 Å². The van der Waals surface area contributed by atoms with Crippen LogP contribution in [0, 0.1) is 11.8 Å². The fourth-order valence-electron chi connectivity index (χ4n) is 5.33. The van der Waals surface area contributed by atoms with E-state index in [2.05, 4.69) is 140 Å². The van der Waals surface area contributed by atoms with Crippen LogP contribution in [0.5, 0.6) is 0 Å². The maximum absolute atomic E-state index is 5.80. The molecule has 0 spiro atoms. The van der Waals surface area contributed by atoms with Crippen LogP contribution in [0.15, 0.2) is 117 Å². The highest BCUT2D eigenvalue weighted by atomic mass is 32.2. The summed E-state index contributed by atoms with van der Waals surface area (Å²) in [7, 11) is 4.29. The smallest absolute Gasteiger partial charge is 0.0552 e. The summed E-state index contributed by atoms with van der Waals surface area (Å²) in [5, 5.41) is 0. The molecule has 4 nitrogen and oxygen atoms in total. The van der Waals surface area contributed by atoms with Gasteiger partial charge in [-0.25, -0.2) is 0 Å². The third-order valence-electron chi connectivity index (χ3n) is 7.13. The van der Waals surface area contributed by atoms with E-state index >= 15 is 0 Å². The van der Waals surface area contributed by atoms with Gasteiger partial charge in [-0.1, -0.05) is 85.9 Å². The third-order valence-corrected chi connectivity index (χ3v) is 9.39. The van der Waals surface area contributed by atoms with Gasteiger partial charge in [-0.2, -0.15) is 0 Å². The molecule has 2 heterocycles. The summed E-state index contributed by atoms with van der Waals surface area (Å²) in [4.78, 5) is 12.5. The maximum Gasteiger partial charge on any atom is 0.0552 e. The highest BCUT2D eigenvalue weighted by molar-refractivity contribution is 8.00. The number of benzene rings is 4. The van der Waals surface area contributed by atoms with Crippen molar-refractivity contribution >= 4 is 46.3 Å². The Morgan fingerprint density at radius 2 is 0.900 bits per heavy atom. The second-order valence-electron chi connectivity index (χ2n) is 11.0. The van der Waals surface area contributed by atoms with Gasteiger partial charge in [0.1, 0.15) is 0 Å². The molecule has 208 valence electrons. The van der Waals surface area contributed by atoms with E-state index in [-0.39, 0.29) is 0 Å². The van der Waals surface area contributed by atoms with Crippen LogP contribution in [0.1, 0.15) is 13.8 Å². The van der Waals surface area contributed by atoms with Crippen molar-refractivity contribution < 1.29 is 0 Å². The molecule has 2 aliphatic rings. The Morgan fingerprint density at radius 3 is 1.23 bits per heavy atom. The van der Waals surface area contributed by atoms with Gasteiger partial charge in [0, 0.05) is 39.2 Å². The van der Waals surface area contributed by atoms with Gasteiger partial charge in [-0.3, -0.25) is 0 Å². The van der Waals surface area contributed by atoms with Crippen molar-refractivity contribution in [3.05, 3.63) is 97.1 Å². The molecule has 0 aliphatic carbocycles. The van der Waals surface area contributed by atoms with E-state index in [1.165, 1.54) is 42.3 Å². The normalized spacial score (nSPS) is 14.8. The van der Waals surface area contributed by atoms with Crippen LogP contribution in [0.25, 0.3) is 0 Å². The molecule has 2 atom stereocenters. The number of anilines is 4. The number of hydrogen-bond acceptors (Lipinski definition) is 6. The zero-order chi connectivity index (χ0) is 28.1. The van der Waals surface area contributed by atoms with Crippen LogP contribution in [0.4, 0.5) is 22.7 Å². The van der Waals surface area contributed by atoms with Crippen LogP contribution >= 0.6 is 23.5 Å².